The van der Waals surface area contributed by atoms with Gasteiger partial charge in [-0.15, -0.1) is 0 Å². The van der Waals surface area contributed by atoms with Crippen LogP contribution in [0.4, 0.5) is 5.69 Å². The fourth-order valence-electron chi connectivity index (χ4n) is 1.91. The minimum absolute atomic E-state index is 0.273. The van der Waals surface area contributed by atoms with Crippen molar-refractivity contribution >= 4 is 23.6 Å². The van der Waals surface area contributed by atoms with Crippen molar-refractivity contribution in [2.75, 3.05) is 5.32 Å². The molecule has 21 heavy (non-hydrogen) atoms. The van der Waals surface area contributed by atoms with E-state index in [1.54, 1.807) is 19.1 Å². The van der Waals surface area contributed by atoms with Crippen molar-refractivity contribution in [3.63, 3.8) is 0 Å². The van der Waals surface area contributed by atoms with Crippen molar-refractivity contribution in [3.05, 3.63) is 59.1 Å². The molecule has 2 aromatic rings. The molecule has 1 aromatic carbocycles. The van der Waals surface area contributed by atoms with Gasteiger partial charge in [0, 0.05) is 11.8 Å². The Bertz CT molecular complexity index is 713. The lowest BCUT2D eigenvalue weighted by Gasteiger charge is -2.06. The molecule has 2 N–H and O–H groups in total. The Balaban J connectivity index is 2.20. The van der Waals surface area contributed by atoms with Gasteiger partial charge in [-0.25, -0.2) is 4.79 Å². The first-order valence-corrected chi connectivity index (χ1v) is 6.33. The highest BCUT2D eigenvalue weighted by Crippen LogP contribution is 2.17. The molecular formula is C16H15NO4. The highest BCUT2D eigenvalue weighted by molar-refractivity contribution is 6.04. The van der Waals surface area contributed by atoms with Gasteiger partial charge in [0.05, 0.1) is 5.56 Å². The van der Waals surface area contributed by atoms with Crippen LogP contribution in [-0.4, -0.2) is 17.0 Å². The van der Waals surface area contributed by atoms with E-state index in [-0.39, 0.29) is 5.91 Å². The number of carboxylic acid groups (broad SMARTS) is 1. The molecule has 0 saturated heterocycles. The monoisotopic (exact) mass is 285 g/mol. The maximum atomic E-state index is 12.0. The van der Waals surface area contributed by atoms with Crippen LogP contribution in [0.15, 0.2) is 41.0 Å². The quantitative estimate of drug-likeness (QED) is 0.845. The van der Waals surface area contributed by atoms with Gasteiger partial charge in [-0.1, -0.05) is 6.07 Å². The summed E-state index contributed by atoms with van der Waals surface area (Å²) in [7, 11) is 0. The van der Waals surface area contributed by atoms with Crippen LogP contribution >= 0.6 is 0 Å². The number of carbonyl (C=O) groups is 2. The number of aliphatic carboxylic acids is 1. The molecule has 0 aliphatic heterocycles. The van der Waals surface area contributed by atoms with E-state index in [2.05, 4.69) is 5.32 Å². The first-order valence-electron chi connectivity index (χ1n) is 6.33. The summed E-state index contributed by atoms with van der Waals surface area (Å²) in [4.78, 5) is 22.6. The molecule has 0 unspecified atom stereocenters. The van der Waals surface area contributed by atoms with Crippen molar-refractivity contribution in [3.8, 4) is 0 Å². The molecule has 1 heterocycles. The third kappa shape index (κ3) is 4.07. The maximum absolute atomic E-state index is 12.0. The van der Waals surface area contributed by atoms with Gasteiger partial charge in [-0.05, 0) is 49.2 Å². The summed E-state index contributed by atoms with van der Waals surface area (Å²) in [6.07, 6.45) is 3.93. The van der Waals surface area contributed by atoms with Gasteiger partial charge in [0.2, 0.25) is 0 Å². The van der Waals surface area contributed by atoms with Crippen LogP contribution in [0.5, 0.6) is 0 Å². The largest absolute Gasteiger partial charge is 0.478 e. The Morgan fingerprint density at radius 2 is 1.95 bits per heavy atom. The SMILES string of the molecule is Cc1cc(/C=C/C(=O)O)cc(NC(=O)c2coc(C)c2)c1. The molecule has 0 fully saturated rings. The van der Waals surface area contributed by atoms with E-state index in [9.17, 15) is 9.59 Å². The van der Waals surface area contributed by atoms with E-state index in [1.165, 1.54) is 12.3 Å². The fraction of sp³-hybridized carbons (Fsp3) is 0.125. The van der Waals surface area contributed by atoms with Gasteiger partial charge in [0.15, 0.2) is 0 Å². The Hall–Kier alpha value is -2.82. The average molecular weight is 285 g/mol. The van der Waals surface area contributed by atoms with Crippen LogP contribution < -0.4 is 5.32 Å². The number of hydrogen-bond acceptors (Lipinski definition) is 3. The zero-order chi connectivity index (χ0) is 15.4. The molecule has 0 bridgehead atoms. The fourth-order valence-corrected chi connectivity index (χ4v) is 1.91. The van der Waals surface area contributed by atoms with E-state index >= 15 is 0 Å². The number of carbonyl (C=O) groups excluding carboxylic acids is 1. The number of rotatable bonds is 4. The third-order valence-corrected chi connectivity index (χ3v) is 2.77. The van der Waals surface area contributed by atoms with Crippen molar-refractivity contribution in [1.29, 1.82) is 0 Å². The maximum Gasteiger partial charge on any atom is 0.328 e. The number of carboxylic acids is 1. The zero-order valence-corrected chi connectivity index (χ0v) is 11.7. The first kappa shape index (κ1) is 14.6. The van der Waals surface area contributed by atoms with Gasteiger partial charge in [-0.2, -0.15) is 0 Å². The molecule has 1 aromatic heterocycles. The third-order valence-electron chi connectivity index (χ3n) is 2.77. The molecule has 5 heteroatoms. The summed E-state index contributed by atoms with van der Waals surface area (Å²) in [5, 5.41) is 11.4. The summed E-state index contributed by atoms with van der Waals surface area (Å²) in [6.45, 7) is 3.63. The number of nitrogens with one attached hydrogen (secondary N) is 1. The Morgan fingerprint density at radius 1 is 1.19 bits per heavy atom. The van der Waals surface area contributed by atoms with E-state index in [0.717, 1.165) is 11.6 Å². The smallest absolute Gasteiger partial charge is 0.328 e. The number of hydrogen-bond donors (Lipinski definition) is 2. The lowest BCUT2D eigenvalue weighted by atomic mass is 10.1. The minimum Gasteiger partial charge on any atom is -0.478 e. The van der Waals surface area contributed by atoms with Crippen LogP contribution in [0, 0.1) is 13.8 Å². The molecule has 5 nitrogen and oxygen atoms in total. The topological polar surface area (TPSA) is 79.5 Å². The number of anilines is 1. The van der Waals surface area contributed by atoms with Crippen LogP contribution in [0.1, 0.15) is 27.2 Å². The second-order valence-electron chi connectivity index (χ2n) is 4.70. The van der Waals surface area contributed by atoms with Gasteiger partial charge < -0.3 is 14.8 Å². The standard InChI is InChI=1S/C16H15NO4/c1-10-5-12(3-4-15(18)19)8-14(6-10)17-16(20)13-7-11(2)21-9-13/h3-9H,1-2H3,(H,17,20)(H,18,19)/b4-3+. The van der Waals surface area contributed by atoms with Crippen molar-refractivity contribution in [1.82, 2.24) is 0 Å². The van der Waals surface area contributed by atoms with Crippen molar-refractivity contribution in [2.45, 2.75) is 13.8 Å². The van der Waals surface area contributed by atoms with Gasteiger partial charge in [0.25, 0.3) is 5.91 Å². The molecule has 0 radical (unpaired) electrons. The van der Waals surface area contributed by atoms with Crippen LogP contribution in [0.25, 0.3) is 6.08 Å². The summed E-state index contributed by atoms with van der Waals surface area (Å²) in [5.74, 6) is -0.629. The predicted molar refractivity (Wildman–Crippen MR) is 79.2 cm³/mol. The molecular weight excluding hydrogens is 270 g/mol. The summed E-state index contributed by atoms with van der Waals surface area (Å²) < 4.78 is 5.10. The van der Waals surface area contributed by atoms with Gasteiger partial charge in [0.1, 0.15) is 12.0 Å². The summed E-state index contributed by atoms with van der Waals surface area (Å²) in [5.41, 5.74) is 2.66. The second-order valence-corrected chi connectivity index (χ2v) is 4.70. The van der Waals surface area contributed by atoms with Gasteiger partial charge in [-0.3, -0.25) is 4.79 Å². The summed E-state index contributed by atoms with van der Waals surface area (Å²) in [6, 6.07) is 6.99. The number of amides is 1. The first-order chi connectivity index (χ1) is 9.94. The number of benzene rings is 1. The van der Waals surface area contributed by atoms with E-state index in [4.69, 9.17) is 9.52 Å². The number of furan rings is 1. The van der Waals surface area contributed by atoms with E-state index in [0.29, 0.717) is 22.6 Å². The lowest BCUT2D eigenvalue weighted by Crippen LogP contribution is -2.11. The Labute approximate surface area is 121 Å². The minimum atomic E-state index is -1.02. The Morgan fingerprint density at radius 3 is 2.57 bits per heavy atom. The zero-order valence-electron chi connectivity index (χ0n) is 11.7. The van der Waals surface area contributed by atoms with E-state index in [1.807, 2.05) is 19.1 Å². The molecule has 0 spiro atoms. The van der Waals surface area contributed by atoms with Crippen molar-refractivity contribution < 1.29 is 19.1 Å². The van der Waals surface area contributed by atoms with E-state index < -0.39 is 5.97 Å². The normalized spacial score (nSPS) is 10.8. The number of aryl methyl sites for hydroxylation is 2. The summed E-state index contributed by atoms with van der Waals surface area (Å²) >= 11 is 0. The molecule has 0 atom stereocenters. The molecule has 108 valence electrons. The molecule has 0 aliphatic rings. The van der Waals surface area contributed by atoms with Gasteiger partial charge >= 0.3 is 5.97 Å². The predicted octanol–water partition coefficient (Wildman–Crippen LogP) is 3.25. The Kier molecular flexibility index (Phi) is 4.23. The van der Waals surface area contributed by atoms with Crippen LogP contribution in [0.2, 0.25) is 0 Å². The van der Waals surface area contributed by atoms with Crippen LogP contribution in [0.3, 0.4) is 0 Å². The molecule has 2 rings (SSSR count). The highest BCUT2D eigenvalue weighted by atomic mass is 16.4. The van der Waals surface area contributed by atoms with Crippen LogP contribution in [-0.2, 0) is 4.79 Å². The second kappa shape index (κ2) is 6.09. The lowest BCUT2D eigenvalue weighted by molar-refractivity contribution is -0.131. The van der Waals surface area contributed by atoms with Crippen molar-refractivity contribution in [2.24, 2.45) is 0 Å². The molecule has 0 aliphatic carbocycles. The molecule has 0 saturated carbocycles. The molecule has 1 amide bonds. The average Bonchev–Trinajstić information content (AvgIpc) is 2.82. The highest BCUT2D eigenvalue weighted by Gasteiger charge is 2.09.